The van der Waals surface area contributed by atoms with Gasteiger partial charge >= 0.3 is 6.18 Å². The number of alkyl halides is 3. The third-order valence-electron chi connectivity index (χ3n) is 4.30. The maximum absolute atomic E-state index is 12.7. The van der Waals surface area contributed by atoms with Gasteiger partial charge in [-0.1, -0.05) is 29.8 Å². The van der Waals surface area contributed by atoms with Gasteiger partial charge in [0.25, 0.3) is 5.78 Å². The van der Waals surface area contributed by atoms with E-state index in [0.29, 0.717) is 29.5 Å². The second-order valence-electron chi connectivity index (χ2n) is 5.76. The average Bonchev–Trinajstić information content (AvgIpc) is 2.52. The van der Waals surface area contributed by atoms with Gasteiger partial charge in [0.15, 0.2) is 5.78 Å². The van der Waals surface area contributed by atoms with Gasteiger partial charge in [0, 0.05) is 36.3 Å². The van der Waals surface area contributed by atoms with E-state index < -0.39 is 17.5 Å². The van der Waals surface area contributed by atoms with E-state index in [4.69, 9.17) is 11.6 Å². The lowest BCUT2D eigenvalue weighted by molar-refractivity contribution is -0.165. The van der Waals surface area contributed by atoms with Gasteiger partial charge in [-0.2, -0.15) is 13.2 Å². The van der Waals surface area contributed by atoms with Crippen LogP contribution >= 0.6 is 11.6 Å². The van der Waals surface area contributed by atoms with Crippen molar-refractivity contribution >= 4 is 23.2 Å². The van der Waals surface area contributed by atoms with Crippen LogP contribution in [0.5, 0.6) is 0 Å². The van der Waals surface area contributed by atoms with E-state index in [1.807, 2.05) is 0 Å². The number of benzene rings is 1. The van der Waals surface area contributed by atoms with Crippen molar-refractivity contribution in [2.75, 3.05) is 7.05 Å². The SMILES string of the molecule is CN(/C=C/C(=O)C(F)(F)F)C1(c2ccccc2Cl)CCCCC1=O. The summed E-state index contributed by atoms with van der Waals surface area (Å²) in [5, 5.41) is 0.371. The Labute approximate surface area is 143 Å². The minimum absolute atomic E-state index is 0.117. The number of hydrogen-bond donors (Lipinski definition) is 0. The summed E-state index contributed by atoms with van der Waals surface area (Å²) >= 11 is 6.24. The van der Waals surface area contributed by atoms with Crippen LogP contribution in [0.1, 0.15) is 31.2 Å². The van der Waals surface area contributed by atoms with Gasteiger partial charge in [0.1, 0.15) is 5.54 Å². The molecule has 1 aromatic carbocycles. The molecular weight excluding hydrogens is 343 g/mol. The number of carbonyl (C=O) groups excluding carboxylic acids is 2. The molecule has 1 aliphatic rings. The molecule has 0 aliphatic heterocycles. The van der Waals surface area contributed by atoms with Crippen molar-refractivity contribution < 1.29 is 22.8 Å². The van der Waals surface area contributed by atoms with E-state index in [1.54, 1.807) is 24.3 Å². The van der Waals surface area contributed by atoms with Crippen LogP contribution in [0.3, 0.4) is 0 Å². The smallest absolute Gasteiger partial charge is 0.364 e. The summed E-state index contributed by atoms with van der Waals surface area (Å²) in [6.07, 6.45) is -1.27. The van der Waals surface area contributed by atoms with Crippen molar-refractivity contribution in [1.82, 2.24) is 4.90 Å². The standard InChI is InChI=1S/C17H17ClF3NO2/c1-22(11-9-15(24)17(19,20)21)16(10-5-4-8-14(16)23)12-6-2-3-7-13(12)18/h2-3,6-7,9,11H,4-5,8,10H2,1H3/b11-9+. The van der Waals surface area contributed by atoms with E-state index in [-0.39, 0.29) is 5.78 Å². The monoisotopic (exact) mass is 359 g/mol. The van der Waals surface area contributed by atoms with Gasteiger partial charge in [-0.15, -0.1) is 0 Å². The van der Waals surface area contributed by atoms with Crippen molar-refractivity contribution in [1.29, 1.82) is 0 Å². The molecule has 24 heavy (non-hydrogen) atoms. The fourth-order valence-corrected chi connectivity index (χ4v) is 3.35. The van der Waals surface area contributed by atoms with Crippen LogP contribution in [-0.4, -0.2) is 29.7 Å². The molecule has 7 heteroatoms. The van der Waals surface area contributed by atoms with E-state index in [2.05, 4.69) is 0 Å². The Bertz CT molecular complexity index is 672. The van der Waals surface area contributed by atoms with Crippen LogP contribution < -0.4 is 0 Å². The number of ketones is 2. The molecule has 1 aromatic rings. The molecular formula is C17H17ClF3NO2. The Hall–Kier alpha value is -1.82. The minimum atomic E-state index is -4.94. The Kier molecular flexibility index (Phi) is 5.38. The highest BCUT2D eigenvalue weighted by molar-refractivity contribution is 6.31. The second-order valence-corrected chi connectivity index (χ2v) is 6.17. The summed E-state index contributed by atoms with van der Waals surface area (Å²) < 4.78 is 37.2. The highest BCUT2D eigenvalue weighted by Gasteiger charge is 2.45. The number of Topliss-reactive ketones (excluding diaryl/α,β-unsaturated/α-hetero) is 1. The van der Waals surface area contributed by atoms with Crippen molar-refractivity contribution in [3.8, 4) is 0 Å². The Balaban J connectivity index is 2.44. The molecule has 1 unspecified atom stereocenters. The van der Waals surface area contributed by atoms with Crippen molar-refractivity contribution in [3.05, 3.63) is 47.1 Å². The Morgan fingerprint density at radius 3 is 2.54 bits per heavy atom. The predicted octanol–water partition coefficient (Wildman–Crippen LogP) is 4.26. The lowest BCUT2D eigenvalue weighted by Gasteiger charge is -2.43. The van der Waals surface area contributed by atoms with Crippen LogP contribution in [0.25, 0.3) is 0 Å². The number of rotatable bonds is 4. The Morgan fingerprint density at radius 2 is 1.96 bits per heavy atom. The van der Waals surface area contributed by atoms with Gasteiger partial charge < -0.3 is 4.90 Å². The fourth-order valence-electron chi connectivity index (χ4n) is 3.06. The molecule has 0 amide bonds. The van der Waals surface area contributed by atoms with E-state index in [9.17, 15) is 22.8 Å². The topological polar surface area (TPSA) is 37.4 Å². The lowest BCUT2D eigenvalue weighted by Crippen LogP contribution is -2.49. The zero-order valence-corrected chi connectivity index (χ0v) is 13.8. The predicted molar refractivity (Wildman–Crippen MR) is 84.6 cm³/mol. The van der Waals surface area contributed by atoms with E-state index in [0.717, 1.165) is 19.0 Å². The highest BCUT2D eigenvalue weighted by atomic mass is 35.5. The van der Waals surface area contributed by atoms with Gasteiger partial charge in [-0.05, 0) is 25.3 Å². The quantitative estimate of drug-likeness (QED) is 0.754. The summed E-state index contributed by atoms with van der Waals surface area (Å²) in [7, 11) is 1.49. The zero-order chi connectivity index (χ0) is 18.0. The number of hydrogen-bond acceptors (Lipinski definition) is 3. The molecule has 1 saturated carbocycles. The van der Waals surface area contributed by atoms with Crippen LogP contribution in [0.2, 0.25) is 5.02 Å². The Morgan fingerprint density at radius 1 is 1.29 bits per heavy atom. The molecule has 0 spiro atoms. The van der Waals surface area contributed by atoms with Crippen LogP contribution in [-0.2, 0) is 15.1 Å². The fraction of sp³-hybridized carbons (Fsp3) is 0.412. The molecule has 1 fully saturated rings. The van der Waals surface area contributed by atoms with Crippen molar-refractivity contribution in [2.24, 2.45) is 0 Å². The summed E-state index contributed by atoms with van der Waals surface area (Å²) in [5.74, 6) is -2.08. The van der Waals surface area contributed by atoms with Crippen molar-refractivity contribution in [2.45, 2.75) is 37.4 Å². The van der Waals surface area contributed by atoms with E-state index in [1.165, 1.54) is 11.9 Å². The minimum Gasteiger partial charge on any atom is -0.364 e. The molecule has 3 nitrogen and oxygen atoms in total. The first-order valence-electron chi connectivity index (χ1n) is 7.50. The van der Waals surface area contributed by atoms with Crippen LogP contribution in [0.15, 0.2) is 36.5 Å². The van der Waals surface area contributed by atoms with Gasteiger partial charge in [0.05, 0.1) is 0 Å². The van der Waals surface area contributed by atoms with Gasteiger partial charge in [-0.25, -0.2) is 0 Å². The molecule has 130 valence electrons. The molecule has 0 bridgehead atoms. The lowest BCUT2D eigenvalue weighted by atomic mass is 9.74. The molecule has 2 rings (SSSR count). The second kappa shape index (κ2) is 6.97. The maximum Gasteiger partial charge on any atom is 0.454 e. The molecule has 1 atom stereocenters. The zero-order valence-electron chi connectivity index (χ0n) is 13.1. The largest absolute Gasteiger partial charge is 0.454 e. The third kappa shape index (κ3) is 3.48. The molecule has 0 radical (unpaired) electrons. The van der Waals surface area contributed by atoms with Gasteiger partial charge in [0.2, 0.25) is 0 Å². The summed E-state index contributed by atoms with van der Waals surface area (Å²) in [4.78, 5) is 25.2. The molecule has 0 N–H and O–H groups in total. The number of likely N-dealkylation sites (N-methyl/N-ethyl adjacent to an activating group) is 1. The number of carbonyl (C=O) groups is 2. The summed E-state index contributed by atoms with van der Waals surface area (Å²) in [6, 6.07) is 6.78. The molecule has 1 aliphatic carbocycles. The molecule has 0 aromatic heterocycles. The first-order chi connectivity index (χ1) is 11.2. The first-order valence-corrected chi connectivity index (χ1v) is 7.88. The molecule has 0 saturated heterocycles. The normalized spacial score (nSPS) is 22.0. The first kappa shape index (κ1) is 18.5. The van der Waals surface area contributed by atoms with Crippen molar-refractivity contribution in [3.63, 3.8) is 0 Å². The maximum atomic E-state index is 12.7. The third-order valence-corrected chi connectivity index (χ3v) is 4.63. The van der Waals surface area contributed by atoms with Crippen LogP contribution in [0, 0.1) is 0 Å². The summed E-state index contributed by atoms with van der Waals surface area (Å²) in [6.45, 7) is 0. The highest BCUT2D eigenvalue weighted by Crippen LogP contribution is 2.42. The summed E-state index contributed by atoms with van der Waals surface area (Å²) in [5.41, 5.74) is -0.609. The number of allylic oxidation sites excluding steroid dienone is 1. The number of halogens is 4. The average molecular weight is 360 g/mol. The molecule has 0 heterocycles. The van der Waals surface area contributed by atoms with E-state index >= 15 is 0 Å². The van der Waals surface area contributed by atoms with Gasteiger partial charge in [-0.3, -0.25) is 9.59 Å². The van der Waals surface area contributed by atoms with Crippen LogP contribution in [0.4, 0.5) is 13.2 Å². The number of nitrogens with zero attached hydrogens (tertiary/aromatic N) is 1.